The van der Waals surface area contributed by atoms with Gasteiger partial charge in [-0.3, -0.25) is 4.79 Å². The summed E-state index contributed by atoms with van der Waals surface area (Å²) in [4.78, 5) is 14.8. The van der Waals surface area contributed by atoms with Crippen molar-refractivity contribution >= 4 is 62.9 Å². The molecule has 3 aromatic heterocycles. The van der Waals surface area contributed by atoms with Crippen molar-refractivity contribution in [2.45, 2.75) is 0 Å². The van der Waals surface area contributed by atoms with Crippen molar-refractivity contribution in [2.75, 3.05) is 0 Å². The highest BCUT2D eigenvalue weighted by Crippen LogP contribution is 2.43. The molecule has 3 heterocycles. The summed E-state index contributed by atoms with van der Waals surface area (Å²) in [6, 6.07) is 6.31. The van der Waals surface area contributed by atoms with Gasteiger partial charge in [0, 0.05) is 25.0 Å². The second kappa shape index (κ2) is 5.24. The summed E-state index contributed by atoms with van der Waals surface area (Å²) in [7, 11) is 0. The zero-order valence-corrected chi connectivity index (χ0v) is 13.7. The third kappa shape index (κ3) is 2.09. The molecule has 0 radical (unpaired) electrons. The number of thiophene rings is 3. The fourth-order valence-electron chi connectivity index (χ4n) is 1.74. The number of rotatable bonds is 3. The zero-order valence-electron chi connectivity index (χ0n) is 9.05. The van der Waals surface area contributed by atoms with Crippen molar-refractivity contribution in [3.8, 4) is 20.2 Å². The van der Waals surface area contributed by atoms with Crippen LogP contribution in [-0.2, 0) is 0 Å². The van der Waals surface area contributed by atoms with Gasteiger partial charge in [0.2, 0.25) is 0 Å². The molecule has 3 rings (SSSR count). The topological polar surface area (TPSA) is 17.1 Å². The van der Waals surface area contributed by atoms with Gasteiger partial charge in [-0.15, -0.1) is 34.0 Å². The Kier molecular flexibility index (Phi) is 3.65. The van der Waals surface area contributed by atoms with Gasteiger partial charge in [-0.05, 0) is 45.5 Å². The van der Waals surface area contributed by atoms with E-state index >= 15 is 0 Å². The van der Waals surface area contributed by atoms with Crippen molar-refractivity contribution in [2.24, 2.45) is 0 Å². The lowest BCUT2D eigenvalue weighted by Crippen LogP contribution is -1.82. The third-order valence-corrected chi connectivity index (χ3v) is 6.85. The minimum absolute atomic E-state index is 0.820. The molecule has 0 saturated carbocycles. The molecule has 0 fully saturated rings. The first-order valence-electron chi connectivity index (χ1n) is 5.15. The molecule has 0 aliphatic carbocycles. The Hall–Kier alpha value is -0.500. The number of carbonyl (C=O) groups is 1. The highest BCUT2D eigenvalue weighted by Gasteiger charge is 2.16. The van der Waals surface area contributed by atoms with Gasteiger partial charge in [0.25, 0.3) is 0 Å². The number of hydrogen-bond donors (Lipinski definition) is 0. The molecule has 0 bridgehead atoms. The fourth-order valence-corrected chi connectivity index (χ4v) is 5.53. The number of hydrogen-bond acceptors (Lipinski definition) is 4. The maximum atomic E-state index is 11.2. The molecule has 1 nitrogen and oxygen atoms in total. The van der Waals surface area contributed by atoms with Crippen LogP contribution in [0.3, 0.4) is 0 Å². The van der Waals surface area contributed by atoms with Crippen LogP contribution in [0, 0.1) is 3.57 Å². The van der Waals surface area contributed by atoms with Gasteiger partial charge in [0.15, 0.2) is 6.29 Å². The third-order valence-electron chi connectivity index (χ3n) is 2.56. The standard InChI is InChI=1S/C13H7IOS3/c14-10-7-18-13(9(10)6-15)12-8(3-5-17-12)11-2-1-4-16-11/h1-7H. The molecule has 5 heteroatoms. The predicted octanol–water partition coefficient (Wildman–Crippen LogP) is 5.62. The van der Waals surface area contributed by atoms with Crippen LogP contribution in [0.5, 0.6) is 0 Å². The molecule has 90 valence electrons. The highest BCUT2D eigenvalue weighted by molar-refractivity contribution is 14.1. The van der Waals surface area contributed by atoms with E-state index in [1.807, 2.05) is 5.38 Å². The summed E-state index contributed by atoms with van der Waals surface area (Å²) in [5, 5.41) is 6.21. The highest BCUT2D eigenvalue weighted by atomic mass is 127. The van der Waals surface area contributed by atoms with E-state index in [4.69, 9.17) is 0 Å². The van der Waals surface area contributed by atoms with E-state index in [0.717, 1.165) is 20.3 Å². The molecular formula is C13H7IOS3. The summed E-state index contributed by atoms with van der Waals surface area (Å²) in [6.45, 7) is 0. The molecule has 0 aliphatic rings. The number of carbonyl (C=O) groups excluding carboxylic acids is 1. The largest absolute Gasteiger partial charge is 0.298 e. The van der Waals surface area contributed by atoms with Crippen molar-refractivity contribution in [3.63, 3.8) is 0 Å². The monoisotopic (exact) mass is 402 g/mol. The fraction of sp³-hybridized carbons (Fsp3) is 0. The summed E-state index contributed by atoms with van der Waals surface area (Å²) >= 11 is 7.29. The van der Waals surface area contributed by atoms with E-state index in [1.165, 1.54) is 15.3 Å². The first-order valence-corrected chi connectivity index (χ1v) is 8.87. The van der Waals surface area contributed by atoms with Gasteiger partial charge in [-0.25, -0.2) is 0 Å². The number of aldehydes is 1. The van der Waals surface area contributed by atoms with E-state index in [9.17, 15) is 4.79 Å². The van der Waals surface area contributed by atoms with Crippen LogP contribution in [0.15, 0.2) is 34.3 Å². The van der Waals surface area contributed by atoms with Gasteiger partial charge in [-0.2, -0.15) is 0 Å². The van der Waals surface area contributed by atoms with Crippen LogP contribution >= 0.6 is 56.6 Å². The lowest BCUT2D eigenvalue weighted by atomic mass is 10.1. The zero-order chi connectivity index (χ0) is 12.5. The van der Waals surface area contributed by atoms with E-state index in [-0.39, 0.29) is 0 Å². The molecule has 0 amide bonds. The quantitative estimate of drug-likeness (QED) is 0.410. The van der Waals surface area contributed by atoms with Gasteiger partial charge < -0.3 is 0 Å². The van der Waals surface area contributed by atoms with Gasteiger partial charge in [0.1, 0.15) is 0 Å². The Balaban J connectivity index is 2.19. The molecule has 0 unspecified atom stereocenters. The van der Waals surface area contributed by atoms with Crippen LogP contribution in [0.1, 0.15) is 10.4 Å². The molecule has 0 atom stereocenters. The van der Waals surface area contributed by atoms with Gasteiger partial charge in [-0.1, -0.05) is 6.07 Å². The number of halogens is 1. The smallest absolute Gasteiger partial charge is 0.152 e. The Morgan fingerprint density at radius 2 is 1.94 bits per heavy atom. The van der Waals surface area contributed by atoms with Crippen molar-refractivity contribution in [3.05, 3.63) is 43.5 Å². The van der Waals surface area contributed by atoms with Crippen LogP contribution in [0.4, 0.5) is 0 Å². The normalized spacial score (nSPS) is 10.7. The Labute approximate surface area is 130 Å². The second-order valence-corrected chi connectivity index (χ2v) is 7.49. The minimum Gasteiger partial charge on any atom is -0.298 e. The van der Waals surface area contributed by atoms with Crippen LogP contribution in [-0.4, -0.2) is 6.29 Å². The Bertz CT molecular complexity index is 679. The summed E-state index contributed by atoms with van der Waals surface area (Å²) in [5.74, 6) is 0. The van der Waals surface area contributed by atoms with E-state index in [1.54, 1.807) is 34.0 Å². The van der Waals surface area contributed by atoms with Crippen molar-refractivity contribution in [1.29, 1.82) is 0 Å². The van der Waals surface area contributed by atoms with Crippen LogP contribution in [0.25, 0.3) is 20.2 Å². The minimum atomic E-state index is 0.820. The molecule has 0 N–H and O–H groups in total. The maximum absolute atomic E-state index is 11.2. The second-order valence-electron chi connectivity index (χ2n) is 3.58. The van der Waals surface area contributed by atoms with E-state index < -0.39 is 0 Å². The Morgan fingerprint density at radius 1 is 1.06 bits per heavy atom. The molecule has 0 aromatic carbocycles. The Morgan fingerprint density at radius 3 is 2.67 bits per heavy atom. The van der Waals surface area contributed by atoms with Gasteiger partial charge >= 0.3 is 0 Å². The van der Waals surface area contributed by atoms with Crippen LogP contribution < -0.4 is 0 Å². The van der Waals surface area contributed by atoms with Crippen molar-refractivity contribution in [1.82, 2.24) is 0 Å². The first-order chi connectivity index (χ1) is 8.81. The lowest BCUT2D eigenvalue weighted by Gasteiger charge is -2.00. The summed E-state index contributed by atoms with van der Waals surface area (Å²) in [6.07, 6.45) is 0.964. The van der Waals surface area contributed by atoms with E-state index in [0.29, 0.717) is 0 Å². The summed E-state index contributed by atoms with van der Waals surface area (Å²) in [5.41, 5.74) is 2.05. The molecule has 3 aromatic rings. The average Bonchev–Trinajstić information content (AvgIpc) is 3.07. The SMILES string of the molecule is O=Cc1c(I)csc1-c1sccc1-c1cccs1. The van der Waals surface area contributed by atoms with Crippen LogP contribution in [0.2, 0.25) is 0 Å². The molecular weight excluding hydrogens is 395 g/mol. The first kappa shape index (κ1) is 12.5. The lowest BCUT2D eigenvalue weighted by molar-refractivity contribution is 0.112. The van der Waals surface area contributed by atoms with Gasteiger partial charge in [0.05, 0.1) is 9.75 Å². The molecule has 0 aliphatic heterocycles. The molecule has 0 saturated heterocycles. The molecule has 0 spiro atoms. The van der Waals surface area contributed by atoms with Crippen molar-refractivity contribution < 1.29 is 4.79 Å². The van der Waals surface area contributed by atoms with E-state index in [2.05, 4.69) is 51.6 Å². The predicted molar refractivity (Wildman–Crippen MR) is 89.0 cm³/mol. The maximum Gasteiger partial charge on any atom is 0.152 e. The molecule has 18 heavy (non-hydrogen) atoms. The average molecular weight is 402 g/mol. The summed E-state index contributed by atoms with van der Waals surface area (Å²) < 4.78 is 1.04.